The number of aliphatic hydroxyl groups excluding tert-OH is 1. The molecule has 1 aromatic heterocycles. The second-order valence-electron chi connectivity index (χ2n) is 3.96. The summed E-state index contributed by atoms with van der Waals surface area (Å²) in [5.41, 5.74) is -0.819. The van der Waals surface area contributed by atoms with Gasteiger partial charge in [0.25, 0.3) is 0 Å². The van der Waals surface area contributed by atoms with Gasteiger partial charge in [-0.2, -0.15) is 0 Å². The standard InChI is InChI=1S/C11H16N2O3/c1-16-10-4-2-3-8(13-10)11(15)5-6-12-7-9(11)14/h2-4,9,12,14-15H,5-7H2,1H3. The van der Waals surface area contributed by atoms with Gasteiger partial charge in [-0.3, -0.25) is 0 Å². The Labute approximate surface area is 94.1 Å². The molecule has 2 unspecified atom stereocenters. The summed E-state index contributed by atoms with van der Waals surface area (Å²) in [5.74, 6) is 0.441. The summed E-state index contributed by atoms with van der Waals surface area (Å²) in [6.45, 7) is 1.03. The van der Waals surface area contributed by atoms with Crippen LogP contribution in [0.15, 0.2) is 18.2 Å². The van der Waals surface area contributed by atoms with Crippen LogP contribution in [0.25, 0.3) is 0 Å². The van der Waals surface area contributed by atoms with Crippen LogP contribution < -0.4 is 10.1 Å². The number of hydrogen-bond donors (Lipinski definition) is 3. The molecule has 0 radical (unpaired) electrons. The smallest absolute Gasteiger partial charge is 0.213 e. The first-order chi connectivity index (χ1) is 7.66. The maximum atomic E-state index is 10.4. The van der Waals surface area contributed by atoms with E-state index in [4.69, 9.17) is 4.74 Å². The molecule has 1 aromatic rings. The summed E-state index contributed by atoms with van der Waals surface area (Å²) in [6, 6.07) is 5.17. The largest absolute Gasteiger partial charge is 0.481 e. The van der Waals surface area contributed by atoms with Gasteiger partial charge in [0.15, 0.2) is 0 Å². The van der Waals surface area contributed by atoms with E-state index >= 15 is 0 Å². The van der Waals surface area contributed by atoms with Gasteiger partial charge in [-0.25, -0.2) is 4.98 Å². The van der Waals surface area contributed by atoms with Gasteiger partial charge in [-0.1, -0.05) is 6.07 Å². The molecule has 1 aliphatic heterocycles. The molecular formula is C11H16N2O3. The third kappa shape index (κ3) is 1.89. The van der Waals surface area contributed by atoms with Gasteiger partial charge < -0.3 is 20.3 Å². The molecule has 0 aliphatic carbocycles. The minimum absolute atomic E-state index is 0.370. The number of nitrogens with one attached hydrogen (secondary N) is 1. The zero-order valence-corrected chi connectivity index (χ0v) is 9.18. The van der Waals surface area contributed by atoms with E-state index in [2.05, 4.69) is 10.3 Å². The molecule has 1 aliphatic rings. The number of aromatic nitrogens is 1. The molecule has 0 spiro atoms. The van der Waals surface area contributed by atoms with Gasteiger partial charge in [0.1, 0.15) is 11.7 Å². The average Bonchev–Trinajstić information content (AvgIpc) is 2.33. The second-order valence-corrected chi connectivity index (χ2v) is 3.96. The van der Waals surface area contributed by atoms with E-state index in [1.807, 2.05) is 0 Å². The summed E-state index contributed by atoms with van der Waals surface area (Å²) in [4.78, 5) is 4.18. The highest BCUT2D eigenvalue weighted by Crippen LogP contribution is 2.30. The van der Waals surface area contributed by atoms with Crippen molar-refractivity contribution < 1.29 is 14.9 Å². The topological polar surface area (TPSA) is 74.6 Å². The molecule has 0 aromatic carbocycles. The first kappa shape index (κ1) is 11.3. The van der Waals surface area contributed by atoms with Gasteiger partial charge >= 0.3 is 0 Å². The van der Waals surface area contributed by atoms with Gasteiger partial charge in [0.05, 0.1) is 12.8 Å². The Morgan fingerprint density at radius 2 is 2.38 bits per heavy atom. The Hall–Kier alpha value is -1.17. The molecule has 0 bridgehead atoms. The Bertz CT molecular complexity index is 372. The summed E-state index contributed by atoms with van der Waals surface area (Å²) >= 11 is 0. The minimum Gasteiger partial charge on any atom is -0.481 e. The van der Waals surface area contributed by atoms with Crippen molar-refractivity contribution in [2.75, 3.05) is 20.2 Å². The number of rotatable bonds is 2. The van der Waals surface area contributed by atoms with E-state index in [0.29, 0.717) is 31.1 Å². The highest BCUT2D eigenvalue weighted by molar-refractivity contribution is 5.22. The minimum atomic E-state index is -1.28. The summed E-state index contributed by atoms with van der Waals surface area (Å²) in [5, 5.41) is 23.3. The summed E-state index contributed by atoms with van der Waals surface area (Å²) in [6.07, 6.45) is -0.408. The molecule has 5 heteroatoms. The molecule has 88 valence electrons. The van der Waals surface area contributed by atoms with Crippen LogP contribution in [0.2, 0.25) is 0 Å². The van der Waals surface area contributed by atoms with Crippen LogP contribution in [0, 0.1) is 0 Å². The van der Waals surface area contributed by atoms with Crippen molar-refractivity contribution in [1.29, 1.82) is 0 Å². The number of methoxy groups -OCH3 is 1. The summed E-state index contributed by atoms with van der Waals surface area (Å²) < 4.78 is 5.01. The predicted molar refractivity (Wildman–Crippen MR) is 58.2 cm³/mol. The molecule has 2 rings (SSSR count). The number of aliphatic hydroxyl groups is 2. The van der Waals surface area contributed by atoms with Crippen molar-refractivity contribution >= 4 is 0 Å². The quantitative estimate of drug-likeness (QED) is 0.639. The van der Waals surface area contributed by atoms with E-state index in [9.17, 15) is 10.2 Å². The number of β-amino-alcohol motifs (C(OH)–C–C–N with tert-alkyl or cyclic N) is 1. The van der Waals surface area contributed by atoms with Gasteiger partial charge in [-0.05, 0) is 19.0 Å². The Kier molecular flexibility index (Phi) is 3.09. The zero-order valence-electron chi connectivity index (χ0n) is 9.18. The third-order valence-electron chi connectivity index (χ3n) is 2.95. The van der Waals surface area contributed by atoms with E-state index < -0.39 is 11.7 Å². The van der Waals surface area contributed by atoms with Crippen LogP contribution in [-0.4, -0.2) is 41.5 Å². The fraction of sp³-hybridized carbons (Fsp3) is 0.545. The number of pyridine rings is 1. The maximum Gasteiger partial charge on any atom is 0.213 e. The SMILES string of the molecule is COc1cccc(C2(O)CCNCC2O)n1. The van der Waals surface area contributed by atoms with Crippen molar-refractivity contribution in [2.24, 2.45) is 0 Å². The first-order valence-electron chi connectivity index (χ1n) is 5.29. The van der Waals surface area contributed by atoms with Crippen LogP contribution in [-0.2, 0) is 5.60 Å². The molecule has 0 amide bonds. The monoisotopic (exact) mass is 224 g/mol. The van der Waals surface area contributed by atoms with Crippen molar-refractivity contribution in [3.8, 4) is 5.88 Å². The maximum absolute atomic E-state index is 10.4. The Balaban J connectivity index is 2.33. The number of ether oxygens (including phenoxy) is 1. The predicted octanol–water partition coefficient (Wildman–Crippen LogP) is -0.368. The Morgan fingerprint density at radius 3 is 3.06 bits per heavy atom. The number of hydrogen-bond acceptors (Lipinski definition) is 5. The third-order valence-corrected chi connectivity index (χ3v) is 2.95. The molecule has 2 heterocycles. The fourth-order valence-corrected chi connectivity index (χ4v) is 1.92. The lowest BCUT2D eigenvalue weighted by atomic mass is 9.86. The molecule has 1 fully saturated rings. The van der Waals surface area contributed by atoms with E-state index in [0.717, 1.165) is 0 Å². The Morgan fingerprint density at radius 1 is 1.56 bits per heavy atom. The van der Waals surface area contributed by atoms with Crippen molar-refractivity contribution in [3.63, 3.8) is 0 Å². The van der Waals surface area contributed by atoms with Crippen molar-refractivity contribution in [3.05, 3.63) is 23.9 Å². The van der Waals surface area contributed by atoms with Crippen molar-refractivity contribution in [1.82, 2.24) is 10.3 Å². The lowest BCUT2D eigenvalue weighted by Crippen LogP contribution is -2.52. The van der Waals surface area contributed by atoms with Gasteiger partial charge in [0.2, 0.25) is 5.88 Å². The van der Waals surface area contributed by atoms with E-state index in [-0.39, 0.29) is 0 Å². The first-order valence-corrected chi connectivity index (χ1v) is 5.29. The molecule has 2 atom stereocenters. The second kappa shape index (κ2) is 4.37. The highest BCUT2D eigenvalue weighted by Gasteiger charge is 2.40. The number of piperidine rings is 1. The molecular weight excluding hydrogens is 208 g/mol. The van der Waals surface area contributed by atoms with Crippen LogP contribution in [0.5, 0.6) is 5.88 Å². The fourth-order valence-electron chi connectivity index (χ4n) is 1.92. The highest BCUT2D eigenvalue weighted by atomic mass is 16.5. The number of nitrogens with zero attached hydrogens (tertiary/aromatic N) is 1. The zero-order chi connectivity index (χ0) is 11.6. The van der Waals surface area contributed by atoms with Crippen LogP contribution in [0.4, 0.5) is 0 Å². The molecule has 5 nitrogen and oxygen atoms in total. The van der Waals surface area contributed by atoms with E-state index in [1.165, 1.54) is 7.11 Å². The molecule has 0 saturated carbocycles. The lowest BCUT2D eigenvalue weighted by Gasteiger charge is -2.36. The lowest BCUT2D eigenvalue weighted by molar-refractivity contribution is -0.101. The van der Waals surface area contributed by atoms with Crippen LogP contribution >= 0.6 is 0 Å². The van der Waals surface area contributed by atoms with Crippen LogP contribution in [0.3, 0.4) is 0 Å². The normalized spacial score (nSPS) is 30.1. The molecule has 1 saturated heterocycles. The van der Waals surface area contributed by atoms with Gasteiger partial charge in [0, 0.05) is 12.6 Å². The van der Waals surface area contributed by atoms with Gasteiger partial charge in [-0.15, -0.1) is 0 Å². The molecule has 16 heavy (non-hydrogen) atoms. The van der Waals surface area contributed by atoms with Crippen molar-refractivity contribution in [2.45, 2.75) is 18.1 Å². The van der Waals surface area contributed by atoms with E-state index in [1.54, 1.807) is 18.2 Å². The average molecular weight is 224 g/mol. The summed E-state index contributed by atoms with van der Waals surface area (Å²) in [7, 11) is 1.52. The molecule has 3 N–H and O–H groups in total. The van der Waals surface area contributed by atoms with Crippen LogP contribution in [0.1, 0.15) is 12.1 Å².